The lowest BCUT2D eigenvalue weighted by atomic mass is 9.96. The van der Waals surface area contributed by atoms with Crippen LogP contribution in [-0.4, -0.2) is 44.3 Å². The number of hydrogen-bond acceptors (Lipinski definition) is 4. The summed E-state index contributed by atoms with van der Waals surface area (Å²) in [4.78, 5) is 22.5. The highest BCUT2D eigenvalue weighted by molar-refractivity contribution is 8.00. The molecule has 142 valence electrons. The number of hydrogen-bond donors (Lipinski definition) is 2. The van der Waals surface area contributed by atoms with Crippen LogP contribution in [0.2, 0.25) is 0 Å². The van der Waals surface area contributed by atoms with Crippen LogP contribution in [0.15, 0.2) is 42.5 Å². The molecule has 1 amide bonds. The average Bonchev–Trinajstić information content (AvgIpc) is 3.19. The molecule has 0 aliphatic heterocycles. The Morgan fingerprint density at radius 2 is 1.96 bits per heavy atom. The number of aliphatic carboxylic acids is 1. The molecule has 0 saturated carbocycles. The van der Waals surface area contributed by atoms with Gasteiger partial charge in [-0.25, -0.2) is 4.68 Å². The third kappa shape index (κ3) is 4.60. The molecule has 1 aliphatic carbocycles. The molecule has 3 rings (SSSR count). The number of carbonyl (C=O) groups is 2. The zero-order valence-electron chi connectivity index (χ0n) is 15.4. The second-order valence-electron chi connectivity index (χ2n) is 6.62. The molecule has 1 aliphatic rings. The highest BCUT2D eigenvalue weighted by atomic mass is 32.2. The number of nitrogens with zero attached hydrogens (tertiary/aromatic N) is 2. The number of carboxylic acid groups (broad SMARTS) is 1. The smallest absolute Gasteiger partial charge is 0.313 e. The van der Waals surface area contributed by atoms with Gasteiger partial charge in [-0.15, -0.1) is 11.8 Å². The van der Waals surface area contributed by atoms with E-state index in [0.717, 1.165) is 35.3 Å². The minimum atomic E-state index is -0.907. The van der Waals surface area contributed by atoms with E-state index in [1.807, 2.05) is 48.0 Å². The number of para-hydroxylation sites is 1. The van der Waals surface area contributed by atoms with Crippen molar-refractivity contribution in [2.24, 2.45) is 0 Å². The maximum atomic E-state index is 12.0. The lowest BCUT2D eigenvalue weighted by Gasteiger charge is -2.14. The Morgan fingerprint density at radius 3 is 2.67 bits per heavy atom. The second kappa shape index (κ2) is 8.43. The van der Waals surface area contributed by atoms with Crippen LogP contribution in [0.3, 0.4) is 0 Å². The molecule has 1 aromatic heterocycles. The maximum absolute atomic E-state index is 12.0. The summed E-state index contributed by atoms with van der Waals surface area (Å²) in [6.45, 7) is 4.09. The van der Waals surface area contributed by atoms with Gasteiger partial charge in [0.2, 0.25) is 5.91 Å². The number of rotatable bonds is 7. The summed E-state index contributed by atoms with van der Waals surface area (Å²) in [6.07, 6.45) is 4.93. The van der Waals surface area contributed by atoms with Crippen molar-refractivity contribution in [3.05, 3.63) is 59.4 Å². The summed E-state index contributed by atoms with van der Waals surface area (Å²) in [5.74, 6) is -0.738. The van der Waals surface area contributed by atoms with Crippen molar-refractivity contribution >= 4 is 23.6 Å². The summed E-state index contributed by atoms with van der Waals surface area (Å²) < 4.78 is 1.97. The number of thioether (sulfide) groups is 1. The fourth-order valence-corrected chi connectivity index (χ4v) is 4.06. The molecule has 6 nitrogen and oxygen atoms in total. The summed E-state index contributed by atoms with van der Waals surface area (Å²) in [5, 5.41) is 16.3. The van der Waals surface area contributed by atoms with Gasteiger partial charge in [0.15, 0.2) is 0 Å². The number of carboxylic acids is 1. The van der Waals surface area contributed by atoms with E-state index in [1.54, 1.807) is 0 Å². The summed E-state index contributed by atoms with van der Waals surface area (Å²) >= 11 is 1.11. The van der Waals surface area contributed by atoms with Crippen molar-refractivity contribution in [1.29, 1.82) is 0 Å². The number of allylic oxidation sites excluding steroid dienone is 1. The second-order valence-corrected chi connectivity index (χ2v) is 7.61. The fourth-order valence-electron chi connectivity index (χ4n) is 3.51. The molecule has 0 bridgehead atoms. The lowest BCUT2D eigenvalue weighted by molar-refractivity contribution is -0.133. The van der Waals surface area contributed by atoms with Crippen LogP contribution in [0.5, 0.6) is 0 Å². The minimum Gasteiger partial charge on any atom is -0.481 e. The number of amides is 1. The van der Waals surface area contributed by atoms with Gasteiger partial charge in [0.05, 0.1) is 22.9 Å². The van der Waals surface area contributed by atoms with Gasteiger partial charge in [-0.2, -0.15) is 5.10 Å². The quantitative estimate of drug-likeness (QED) is 0.716. The van der Waals surface area contributed by atoms with Crippen molar-refractivity contribution in [2.45, 2.75) is 32.2 Å². The minimum absolute atomic E-state index is 0.0354. The molecular weight excluding hydrogens is 362 g/mol. The van der Waals surface area contributed by atoms with E-state index in [9.17, 15) is 9.59 Å². The first-order chi connectivity index (χ1) is 13.0. The highest BCUT2D eigenvalue weighted by Crippen LogP contribution is 2.33. The van der Waals surface area contributed by atoms with E-state index in [0.29, 0.717) is 0 Å². The highest BCUT2D eigenvalue weighted by Gasteiger charge is 2.26. The molecular formula is C20H23N3O3S. The van der Waals surface area contributed by atoms with Gasteiger partial charge in [-0.3, -0.25) is 9.59 Å². The zero-order valence-corrected chi connectivity index (χ0v) is 16.2. The van der Waals surface area contributed by atoms with Crippen molar-refractivity contribution in [3.8, 4) is 5.69 Å². The van der Waals surface area contributed by atoms with Gasteiger partial charge in [-0.05, 0) is 32.4 Å². The number of aryl methyl sites for hydroxylation is 1. The van der Waals surface area contributed by atoms with E-state index < -0.39 is 5.97 Å². The maximum Gasteiger partial charge on any atom is 0.313 e. The molecule has 2 aromatic rings. The van der Waals surface area contributed by atoms with Gasteiger partial charge in [-0.1, -0.05) is 30.4 Å². The molecule has 0 fully saturated rings. The van der Waals surface area contributed by atoms with Gasteiger partial charge >= 0.3 is 5.97 Å². The Morgan fingerprint density at radius 1 is 1.22 bits per heavy atom. The molecule has 0 spiro atoms. The SMILES string of the molecule is Cc1nn(-c2ccccc2)c(C)c1[C@@H]1C=C[C@@H](NC(=O)CSCC(=O)O)C1. The average molecular weight is 385 g/mol. The van der Waals surface area contributed by atoms with Crippen LogP contribution in [0.4, 0.5) is 0 Å². The van der Waals surface area contributed by atoms with E-state index in [-0.39, 0.29) is 29.4 Å². The first kappa shape index (κ1) is 19.2. The van der Waals surface area contributed by atoms with E-state index in [2.05, 4.69) is 18.3 Å². The predicted octanol–water partition coefficient (Wildman–Crippen LogP) is 2.84. The standard InChI is InChI=1S/C20H23N3O3S/c1-13-20(14(2)23(22-13)17-6-4-3-5-7-17)15-8-9-16(10-15)21-18(24)11-27-12-19(25)26/h3-9,15-16H,10-12H2,1-2H3,(H,21,24)(H,25,26)/t15-,16-/m1/s1. The lowest BCUT2D eigenvalue weighted by Crippen LogP contribution is -2.34. The number of aromatic nitrogens is 2. The van der Waals surface area contributed by atoms with Crippen molar-refractivity contribution in [2.75, 3.05) is 11.5 Å². The molecule has 2 N–H and O–H groups in total. The van der Waals surface area contributed by atoms with Crippen LogP contribution in [0, 0.1) is 13.8 Å². The van der Waals surface area contributed by atoms with E-state index >= 15 is 0 Å². The Hall–Kier alpha value is -2.54. The first-order valence-corrected chi connectivity index (χ1v) is 10.00. The van der Waals surface area contributed by atoms with Crippen molar-refractivity contribution in [1.82, 2.24) is 15.1 Å². The van der Waals surface area contributed by atoms with Gasteiger partial charge in [0.25, 0.3) is 0 Å². The Labute approximate surface area is 162 Å². The predicted molar refractivity (Wildman–Crippen MR) is 106 cm³/mol. The number of benzene rings is 1. The largest absolute Gasteiger partial charge is 0.481 e. The van der Waals surface area contributed by atoms with Crippen molar-refractivity contribution in [3.63, 3.8) is 0 Å². The van der Waals surface area contributed by atoms with Gasteiger partial charge in [0, 0.05) is 23.2 Å². The Bertz CT molecular complexity index is 861. The molecule has 0 saturated heterocycles. The first-order valence-electron chi connectivity index (χ1n) is 8.84. The molecule has 0 radical (unpaired) electrons. The molecule has 0 unspecified atom stereocenters. The molecule has 1 aromatic carbocycles. The van der Waals surface area contributed by atoms with Crippen LogP contribution in [0.25, 0.3) is 5.69 Å². The monoisotopic (exact) mass is 385 g/mol. The summed E-state index contributed by atoms with van der Waals surface area (Å²) in [7, 11) is 0. The third-order valence-electron chi connectivity index (χ3n) is 4.61. The Balaban J connectivity index is 1.64. The topological polar surface area (TPSA) is 84.2 Å². The summed E-state index contributed by atoms with van der Waals surface area (Å²) in [5.41, 5.74) is 4.34. The zero-order chi connectivity index (χ0) is 19.4. The number of carbonyl (C=O) groups excluding carboxylic acids is 1. The van der Waals surface area contributed by atoms with Gasteiger partial charge < -0.3 is 10.4 Å². The van der Waals surface area contributed by atoms with E-state index in [1.165, 1.54) is 5.56 Å². The molecule has 1 heterocycles. The Kier molecular flexibility index (Phi) is 6.01. The molecule has 2 atom stereocenters. The van der Waals surface area contributed by atoms with Gasteiger partial charge in [0.1, 0.15) is 0 Å². The molecule has 27 heavy (non-hydrogen) atoms. The normalized spacial score (nSPS) is 18.6. The van der Waals surface area contributed by atoms with Crippen molar-refractivity contribution < 1.29 is 14.7 Å². The fraction of sp³-hybridized carbons (Fsp3) is 0.350. The van der Waals surface area contributed by atoms with Crippen LogP contribution in [-0.2, 0) is 9.59 Å². The summed E-state index contributed by atoms with van der Waals surface area (Å²) in [6, 6.07) is 10.0. The van der Waals surface area contributed by atoms with E-state index in [4.69, 9.17) is 10.2 Å². The van der Waals surface area contributed by atoms with Crippen LogP contribution in [0.1, 0.15) is 29.3 Å². The third-order valence-corrected chi connectivity index (χ3v) is 5.52. The van der Waals surface area contributed by atoms with Crippen LogP contribution >= 0.6 is 11.8 Å². The number of nitrogens with one attached hydrogen (secondary N) is 1. The molecule has 7 heteroatoms. The van der Waals surface area contributed by atoms with Crippen LogP contribution < -0.4 is 5.32 Å².